The fraction of sp³-hybridized carbons (Fsp3) is 0.938. The second-order valence-corrected chi connectivity index (χ2v) is 7.19. The fourth-order valence-electron chi connectivity index (χ4n) is 3.07. The van der Waals surface area contributed by atoms with Crippen LogP contribution in [0.1, 0.15) is 40.5 Å². The molecule has 0 radical (unpaired) electrons. The minimum Gasteiger partial charge on any atom is -0.354 e. The highest BCUT2D eigenvalue weighted by atomic mass is 16.2. The normalized spacial score (nSPS) is 24.6. The van der Waals surface area contributed by atoms with Crippen LogP contribution in [0.15, 0.2) is 0 Å². The van der Waals surface area contributed by atoms with Crippen molar-refractivity contribution in [2.24, 2.45) is 17.3 Å². The molecule has 118 valence electrons. The van der Waals surface area contributed by atoms with E-state index in [1.165, 1.54) is 0 Å². The predicted octanol–water partition coefficient (Wildman–Crippen LogP) is 1.71. The molecule has 1 heterocycles. The van der Waals surface area contributed by atoms with Crippen LogP contribution < -0.4 is 10.6 Å². The van der Waals surface area contributed by atoms with Gasteiger partial charge < -0.3 is 15.5 Å². The number of nitrogens with zero attached hydrogens (tertiary/aromatic N) is 1. The maximum absolute atomic E-state index is 12.7. The Kier molecular flexibility index (Phi) is 6.46. The Morgan fingerprint density at radius 2 is 1.95 bits per heavy atom. The molecule has 4 heteroatoms. The Morgan fingerprint density at radius 1 is 1.30 bits per heavy atom. The van der Waals surface area contributed by atoms with Crippen molar-refractivity contribution in [3.8, 4) is 0 Å². The molecule has 2 N–H and O–H groups in total. The van der Waals surface area contributed by atoms with E-state index in [0.29, 0.717) is 17.9 Å². The highest BCUT2D eigenvalue weighted by molar-refractivity contribution is 5.83. The number of nitrogens with one attached hydrogen (secondary N) is 2. The van der Waals surface area contributed by atoms with Crippen molar-refractivity contribution >= 4 is 5.91 Å². The van der Waals surface area contributed by atoms with E-state index in [9.17, 15) is 4.79 Å². The number of rotatable bonds is 7. The first-order valence-corrected chi connectivity index (χ1v) is 7.95. The van der Waals surface area contributed by atoms with Gasteiger partial charge >= 0.3 is 0 Å². The second kappa shape index (κ2) is 7.41. The van der Waals surface area contributed by atoms with Gasteiger partial charge in [-0.3, -0.25) is 4.79 Å². The maximum Gasteiger partial charge on any atom is 0.227 e. The quantitative estimate of drug-likeness (QED) is 0.748. The topological polar surface area (TPSA) is 44.4 Å². The summed E-state index contributed by atoms with van der Waals surface area (Å²) in [6.45, 7) is 11.3. The molecule has 0 aromatic heterocycles. The highest BCUT2D eigenvalue weighted by Gasteiger charge is 2.43. The third-order valence-electron chi connectivity index (χ3n) is 4.72. The van der Waals surface area contributed by atoms with Crippen molar-refractivity contribution in [3.05, 3.63) is 0 Å². The van der Waals surface area contributed by atoms with Gasteiger partial charge in [0.25, 0.3) is 0 Å². The summed E-state index contributed by atoms with van der Waals surface area (Å²) in [5.41, 5.74) is -0.214. The lowest BCUT2D eigenvalue weighted by atomic mass is 9.75. The lowest BCUT2D eigenvalue weighted by Gasteiger charge is -2.33. The molecular formula is C16H33N3O. The zero-order chi connectivity index (χ0) is 15.3. The Balaban J connectivity index is 2.60. The van der Waals surface area contributed by atoms with Crippen molar-refractivity contribution in [1.82, 2.24) is 15.5 Å². The molecule has 1 amide bonds. The van der Waals surface area contributed by atoms with Crippen LogP contribution in [0.3, 0.4) is 0 Å². The summed E-state index contributed by atoms with van der Waals surface area (Å²) < 4.78 is 0. The van der Waals surface area contributed by atoms with E-state index in [1.807, 2.05) is 0 Å². The lowest BCUT2D eigenvalue weighted by molar-refractivity contribution is -0.132. The Morgan fingerprint density at radius 3 is 2.35 bits per heavy atom. The van der Waals surface area contributed by atoms with Crippen molar-refractivity contribution in [2.75, 3.05) is 33.7 Å². The third-order valence-corrected chi connectivity index (χ3v) is 4.72. The van der Waals surface area contributed by atoms with Gasteiger partial charge in [-0.25, -0.2) is 0 Å². The maximum atomic E-state index is 12.7. The fourth-order valence-corrected chi connectivity index (χ4v) is 3.07. The van der Waals surface area contributed by atoms with Crippen LogP contribution in [0.2, 0.25) is 0 Å². The van der Waals surface area contributed by atoms with E-state index < -0.39 is 0 Å². The van der Waals surface area contributed by atoms with Crippen LogP contribution in [0.4, 0.5) is 0 Å². The molecule has 2 atom stereocenters. The van der Waals surface area contributed by atoms with Crippen molar-refractivity contribution in [2.45, 2.75) is 46.6 Å². The largest absolute Gasteiger partial charge is 0.354 e. The molecule has 1 rings (SSSR count). The van der Waals surface area contributed by atoms with E-state index >= 15 is 0 Å². The van der Waals surface area contributed by atoms with Crippen LogP contribution in [0.25, 0.3) is 0 Å². The van der Waals surface area contributed by atoms with Crippen LogP contribution in [-0.2, 0) is 4.79 Å². The Hall–Kier alpha value is -0.610. The Labute approximate surface area is 124 Å². The van der Waals surface area contributed by atoms with Crippen molar-refractivity contribution < 1.29 is 4.79 Å². The van der Waals surface area contributed by atoms with Crippen molar-refractivity contribution in [1.29, 1.82) is 0 Å². The minimum absolute atomic E-state index is 0.214. The molecule has 0 spiro atoms. The van der Waals surface area contributed by atoms with Crippen LogP contribution in [0.5, 0.6) is 0 Å². The molecule has 20 heavy (non-hydrogen) atoms. The van der Waals surface area contributed by atoms with E-state index in [0.717, 1.165) is 32.5 Å². The third kappa shape index (κ3) is 4.19. The average molecular weight is 283 g/mol. The monoisotopic (exact) mass is 283 g/mol. The Bertz CT molecular complexity index is 307. The zero-order valence-electron chi connectivity index (χ0n) is 14.1. The smallest absolute Gasteiger partial charge is 0.227 e. The molecule has 0 aromatic rings. The van der Waals surface area contributed by atoms with E-state index in [4.69, 9.17) is 0 Å². The van der Waals surface area contributed by atoms with Gasteiger partial charge in [0.05, 0.1) is 5.41 Å². The number of likely N-dealkylation sites (N-methyl/N-ethyl adjacent to an activating group) is 1. The van der Waals surface area contributed by atoms with Gasteiger partial charge in [0.2, 0.25) is 5.91 Å². The molecule has 1 saturated heterocycles. The minimum atomic E-state index is -0.214. The standard InChI is InChI=1S/C16H33N3O/c1-12(2)9-14(19(5)6)10-18-15(20)16(13(3)4)7-8-17-11-16/h12-14,17H,7-11H2,1-6H3,(H,18,20). The molecule has 0 saturated carbocycles. The first kappa shape index (κ1) is 17.4. The first-order chi connectivity index (χ1) is 9.29. The molecular weight excluding hydrogens is 250 g/mol. The van der Waals surface area contributed by atoms with Gasteiger partial charge in [-0.2, -0.15) is 0 Å². The summed E-state index contributed by atoms with van der Waals surface area (Å²) in [5.74, 6) is 1.25. The van der Waals surface area contributed by atoms with Gasteiger partial charge in [0, 0.05) is 19.1 Å². The molecule has 2 unspecified atom stereocenters. The number of hydrogen-bond donors (Lipinski definition) is 2. The van der Waals surface area contributed by atoms with Crippen LogP contribution >= 0.6 is 0 Å². The van der Waals surface area contributed by atoms with Gasteiger partial charge in [-0.05, 0) is 45.3 Å². The first-order valence-electron chi connectivity index (χ1n) is 7.95. The highest BCUT2D eigenvalue weighted by Crippen LogP contribution is 2.34. The number of carbonyl (C=O) groups excluding carboxylic acids is 1. The molecule has 0 aliphatic carbocycles. The second-order valence-electron chi connectivity index (χ2n) is 7.19. The summed E-state index contributed by atoms with van der Waals surface area (Å²) in [6.07, 6.45) is 2.06. The molecule has 1 aliphatic heterocycles. The number of hydrogen-bond acceptors (Lipinski definition) is 3. The lowest BCUT2D eigenvalue weighted by Crippen LogP contribution is -2.49. The van der Waals surface area contributed by atoms with E-state index in [-0.39, 0.29) is 11.3 Å². The molecule has 1 fully saturated rings. The van der Waals surface area contributed by atoms with E-state index in [1.54, 1.807) is 0 Å². The summed E-state index contributed by atoms with van der Waals surface area (Å²) in [6, 6.07) is 0.414. The average Bonchev–Trinajstić information content (AvgIpc) is 2.83. The summed E-state index contributed by atoms with van der Waals surface area (Å²) in [4.78, 5) is 14.9. The summed E-state index contributed by atoms with van der Waals surface area (Å²) in [7, 11) is 4.18. The molecule has 1 aliphatic rings. The van der Waals surface area contributed by atoms with Crippen LogP contribution in [0, 0.1) is 17.3 Å². The van der Waals surface area contributed by atoms with Gasteiger partial charge in [-0.1, -0.05) is 27.7 Å². The molecule has 0 aromatic carbocycles. The van der Waals surface area contributed by atoms with Crippen molar-refractivity contribution in [3.63, 3.8) is 0 Å². The zero-order valence-corrected chi connectivity index (χ0v) is 14.1. The molecule has 4 nitrogen and oxygen atoms in total. The summed E-state index contributed by atoms with van der Waals surface area (Å²) >= 11 is 0. The molecule has 0 bridgehead atoms. The van der Waals surface area contributed by atoms with E-state index in [2.05, 4.69) is 57.3 Å². The SMILES string of the molecule is CC(C)CC(CNC(=O)C1(C(C)C)CCNC1)N(C)C. The summed E-state index contributed by atoms with van der Waals surface area (Å²) in [5, 5.41) is 6.56. The predicted molar refractivity (Wildman–Crippen MR) is 84.7 cm³/mol. The van der Waals surface area contributed by atoms with Crippen LogP contribution in [-0.4, -0.2) is 50.6 Å². The number of amides is 1. The van der Waals surface area contributed by atoms with Gasteiger partial charge in [0.1, 0.15) is 0 Å². The van der Waals surface area contributed by atoms with Gasteiger partial charge in [0.15, 0.2) is 0 Å². The number of carbonyl (C=O) groups is 1. The van der Waals surface area contributed by atoms with Gasteiger partial charge in [-0.15, -0.1) is 0 Å².